The average molecular weight is 224 g/mol. The lowest BCUT2D eigenvalue weighted by molar-refractivity contribution is 0.0799. The number of carbonyl (C=O) groups is 1. The second-order valence-corrected chi connectivity index (χ2v) is 4.12. The van der Waals surface area contributed by atoms with Crippen LogP contribution in [0.2, 0.25) is 0 Å². The van der Waals surface area contributed by atoms with Gasteiger partial charge in [0.05, 0.1) is 0 Å². The second kappa shape index (κ2) is 5.78. The first kappa shape index (κ1) is 12.1. The highest BCUT2D eigenvalue weighted by Crippen LogP contribution is 2.15. The molecule has 0 radical (unpaired) electrons. The summed E-state index contributed by atoms with van der Waals surface area (Å²) in [7, 11) is 1.76. The Morgan fingerprint density at radius 1 is 1.40 bits per heavy atom. The number of benzene rings is 1. The van der Waals surface area contributed by atoms with E-state index in [-0.39, 0.29) is 5.91 Å². The van der Waals surface area contributed by atoms with Gasteiger partial charge in [0.2, 0.25) is 0 Å². The first-order chi connectivity index (χ1) is 7.19. The van der Waals surface area contributed by atoms with Gasteiger partial charge >= 0.3 is 0 Å². The number of nitrogens with zero attached hydrogens (tertiary/aromatic N) is 1. The Labute approximate surface area is 94.6 Å². The first-order valence-electron chi connectivity index (χ1n) is 4.78. The summed E-state index contributed by atoms with van der Waals surface area (Å²) in [5.74, 6) is 0.0214. The van der Waals surface area contributed by atoms with Gasteiger partial charge in [-0.1, -0.05) is 0 Å². The van der Waals surface area contributed by atoms with Crippen molar-refractivity contribution in [2.24, 2.45) is 5.73 Å². The molecule has 1 aromatic rings. The van der Waals surface area contributed by atoms with Gasteiger partial charge in [0, 0.05) is 30.6 Å². The Balaban J connectivity index is 2.73. The topological polar surface area (TPSA) is 46.3 Å². The van der Waals surface area contributed by atoms with Crippen molar-refractivity contribution in [1.29, 1.82) is 0 Å². The van der Waals surface area contributed by atoms with E-state index in [0.29, 0.717) is 18.7 Å². The van der Waals surface area contributed by atoms with Crippen molar-refractivity contribution in [3.63, 3.8) is 0 Å². The molecule has 0 atom stereocenters. The van der Waals surface area contributed by atoms with Crippen molar-refractivity contribution in [3.8, 4) is 0 Å². The maximum Gasteiger partial charge on any atom is 0.253 e. The Hall–Kier alpha value is -1.00. The second-order valence-electron chi connectivity index (χ2n) is 3.24. The Morgan fingerprint density at radius 3 is 2.47 bits per heavy atom. The van der Waals surface area contributed by atoms with E-state index in [9.17, 15) is 4.79 Å². The third-order valence-electron chi connectivity index (χ3n) is 2.15. The normalized spacial score (nSPS) is 10.1. The average Bonchev–Trinajstić information content (AvgIpc) is 2.28. The summed E-state index contributed by atoms with van der Waals surface area (Å²) < 4.78 is 0. The molecular formula is C11H16N2OS. The van der Waals surface area contributed by atoms with E-state index in [1.165, 1.54) is 0 Å². The van der Waals surface area contributed by atoms with Crippen molar-refractivity contribution >= 4 is 17.7 Å². The van der Waals surface area contributed by atoms with Crippen molar-refractivity contribution in [2.75, 3.05) is 26.4 Å². The Kier molecular flexibility index (Phi) is 4.65. The minimum Gasteiger partial charge on any atom is -0.340 e. The number of nitrogens with two attached hydrogens (primary N) is 1. The first-order valence-corrected chi connectivity index (χ1v) is 6.01. The summed E-state index contributed by atoms with van der Waals surface area (Å²) in [5, 5.41) is 0. The van der Waals surface area contributed by atoms with Gasteiger partial charge in [-0.05, 0) is 30.5 Å². The van der Waals surface area contributed by atoms with E-state index in [1.54, 1.807) is 23.7 Å². The lowest BCUT2D eigenvalue weighted by Crippen LogP contribution is -2.31. The molecule has 15 heavy (non-hydrogen) atoms. The van der Waals surface area contributed by atoms with Gasteiger partial charge in [-0.25, -0.2) is 0 Å². The summed E-state index contributed by atoms with van der Waals surface area (Å²) >= 11 is 1.66. The lowest BCUT2D eigenvalue weighted by Gasteiger charge is -2.15. The predicted molar refractivity (Wildman–Crippen MR) is 64.2 cm³/mol. The highest BCUT2D eigenvalue weighted by atomic mass is 32.2. The van der Waals surface area contributed by atoms with Crippen LogP contribution in [0.15, 0.2) is 29.2 Å². The summed E-state index contributed by atoms with van der Waals surface area (Å²) in [4.78, 5) is 14.6. The van der Waals surface area contributed by atoms with Gasteiger partial charge in [-0.15, -0.1) is 11.8 Å². The van der Waals surface area contributed by atoms with Crippen molar-refractivity contribution in [1.82, 2.24) is 4.90 Å². The Bertz CT molecular complexity index is 324. The van der Waals surface area contributed by atoms with Crippen LogP contribution in [0.25, 0.3) is 0 Å². The van der Waals surface area contributed by atoms with Crippen LogP contribution >= 0.6 is 11.8 Å². The number of hydrogen-bond donors (Lipinski definition) is 1. The maximum atomic E-state index is 11.8. The number of rotatable bonds is 4. The molecule has 0 unspecified atom stereocenters. The van der Waals surface area contributed by atoms with Gasteiger partial charge < -0.3 is 10.6 Å². The molecule has 0 fully saturated rings. The van der Waals surface area contributed by atoms with Crippen LogP contribution in [0.3, 0.4) is 0 Å². The zero-order valence-corrected chi connectivity index (χ0v) is 9.88. The van der Waals surface area contributed by atoms with Crippen LogP contribution < -0.4 is 5.73 Å². The molecule has 1 aromatic carbocycles. The third-order valence-corrected chi connectivity index (χ3v) is 2.89. The largest absolute Gasteiger partial charge is 0.340 e. The molecule has 0 aliphatic heterocycles. The molecule has 0 aliphatic rings. The summed E-state index contributed by atoms with van der Waals surface area (Å²) in [5.41, 5.74) is 6.11. The quantitative estimate of drug-likeness (QED) is 0.787. The summed E-state index contributed by atoms with van der Waals surface area (Å²) in [6, 6.07) is 7.60. The summed E-state index contributed by atoms with van der Waals surface area (Å²) in [6.45, 7) is 1.08. The molecule has 2 N–H and O–H groups in total. The number of amides is 1. The fourth-order valence-electron chi connectivity index (χ4n) is 1.25. The minimum absolute atomic E-state index is 0.0214. The smallest absolute Gasteiger partial charge is 0.253 e. The van der Waals surface area contributed by atoms with Crippen molar-refractivity contribution in [2.45, 2.75) is 4.90 Å². The van der Waals surface area contributed by atoms with Crippen LogP contribution in [0.4, 0.5) is 0 Å². The molecule has 82 valence electrons. The molecule has 0 spiro atoms. The van der Waals surface area contributed by atoms with Gasteiger partial charge in [0.15, 0.2) is 0 Å². The van der Waals surface area contributed by atoms with Crippen molar-refractivity contribution in [3.05, 3.63) is 29.8 Å². The van der Waals surface area contributed by atoms with Crippen LogP contribution in [0.1, 0.15) is 10.4 Å². The monoisotopic (exact) mass is 224 g/mol. The minimum atomic E-state index is 0.0214. The SMILES string of the molecule is CSc1ccc(C(=O)N(C)CCN)cc1. The van der Waals surface area contributed by atoms with E-state index in [2.05, 4.69) is 0 Å². The molecule has 0 saturated heterocycles. The molecule has 0 bridgehead atoms. The molecule has 4 heteroatoms. The molecule has 0 aliphatic carbocycles. The predicted octanol–water partition coefficient (Wildman–Crippen LogP) is 1.44. The highest BCUT2D eigenvalue weighted by molar-refractivity contribution is 7.98. The molecular weight excluding hydrogens is 208 g/mol. The number of likely N-dealkylation sites (N-methyl/N-ethyl adjacent to an activating group) is 1. The van der Waals surface area contributed by atoms with E-state index in [0.717, 1.165) is 4.90 Å². The van der Waals surface area contributed by atoms with Crippen LogP contribution in [-0.4, -0.2) is 37.2 Å². The fraction of sp³-hybridized carbons (Fsp3) is 0.364. The van der Waals surface area contributed by atoms with E-state index in [4.69, 9.17) is 5.73 Å². The number of carbonyl (C=O) groups excluding carboxylic acids is 1. The van der Waals surface area contributed by atoms with Gasteiger partial charge in [0.25, 0.3) is 5.91 Å². The van der Waals surface area contributed by atoms with Crippen molar-refractivity contribution < 1.29 is 4.79 Å². The van der Waals surface area contributed by atoms with E-state index >= 15 is 0 Å². The molecule has 0 saturated carbocycles. The van der Waals surface area contributed by atoms with E-state index < -0.39 is 0 Å². The molecule has 0 heterocycles. The van der Waals surface area contributed by atoms with E-state index in [1.807, 2.05) is 30.5 Å². The standard InChI is InChI=1S/C11H16N2OS/c1-13(8-7-12)11(14)9-3-5-10(15-2)6-4-9/h3-6H,7-8,12H2,1-2H3. The van der Waals surface area contributed by atoms with Crippen LogP contribution in [0, 0.1) is 0 Å². The number of thioether (sulfide) groups is 1. The zero-order valence-electron chi connectivity index (χ0n) is 9.06. The van der Waals surface area contributed by atoms with Crippen LogP contribution in [-0.2, 0) is 0 Å². The van der Waals surface area contributed by atoms with Gasteiger partial charge in [0.1, 0.15) is 0 Å². The molecule has 3 nitrogen and oxygen atoms in total. The summed E-state index contributed by atoms with van der Waals surface area (Å²) in [6.07, 6.45) is 2.01. The fourth-order valence-corrected chi connectivity index (χ4v) is 1.66. The third kappa shape index (κ3) is 3.25. The molecule has 0 aromatic heterocycles. The molecule has 1 rings (SSSR count). The lowest BCUT2D eigenvalue weighted by atomic mass is 10.2. The zero-order chi connectivity index (χ0) is 11.3. The van der Waals surface area contributed by atoms with Gasteiger partial charge in [-0.3, -0.25) is 4.79 Å². The van der Waals surface area contributed by atoms with Gasteiger partial charge in [-0.2, -0.15) is 0 Å². The molecule has 1 amide bonds. The maximum absolute atomic E-state index is 11.8. The van der Waals surface area contributed by atoms with Crippen LogP contribution in [0.5, 0.6) is 0 Å². The number of hydrogen-bond acceptors (Lipinski definition) is 3. The Morgan fingerprint density at radius 2 is 2.00 bits per heavy atom. The highest BCUT2D eigenvalue weighted by Gasteiger charge is 2.09.